The van der Waals surface area contributed by atoms with Crippen molar-refractivity contribution in [1.29, 1.82) is 0 Å². The van der Waals surface area contributed by atoms with Gasteiger partial charge < -0.3 is 25.2 Å². The van der Waals surface area contributed by atoms with E-state index in [9.17, 15) is 23.8 Å². The van der Waals surface area contributed by atoms with Crippen molar-refractivity contribution in [2.24, 2.45) is 5.73 Å². The molecule has 4 N–H and O–H groups in total. The fraction of sp³-hybridized carbons (Fsp3) is 0.744. The predicted molar refractivity (Wildman–Crippen MR) is 222 cm³/mol. The highest BCUT2D eigenvalue weighted by molar-refractivity contribution is 7.47. The molecule has 0 aliphatic carbocycles. The van der Waals surface area contributed by atoms with Crippen LogP contribution in [0.2, 0.25) is 0 Å². The zero-order valence-electron chi connectivity index (χ0n) is 34.3. The molecule has 0 saturated heterocycles. The summed E-state index contributed by atoms with van der Waals surface area (Å²) < 4.78 is 32.6. The van der Waals surface area contributed by atoms with Gasteiger partial charge in [-0.3, -0.25) is 23.4 Å². The topological polar surface area (TPSA) is 172 Å². The highest BCUT2D eigenvalue weighted by Crippen LogP contribution is 2.43. The molecular formula is C43H76NO10P. The summed E-state index contributed by atoms with van der Waals surface area (Å²) >= 11 is 0. The van der Waals surface area contributed by atoms with Crippen LogP contribution in [0.4, 0.5) is 0 Å². The molecule has 1 unspecified atom stereocenters. The van der Waals surface area contributed by atoms with Crippen molar-refractivity contribution in [1.82, 2.24) is 0 Å². The SMILES string of the molecule is CCCCCCC/C=C/CCCCCCCC(=O)O[C@H](COC(=O)CCC/C=C/C/C=C/C/C=C/CCCCCCCC)COP(=O)(O)OC[C@H](N)C(=O)O. The molecule has 0 rings (SSSR count). The van der Waals surface area contributed by atoms with Crippen molar-refractivity contribution in [3.05, 3.63) is 48.6 Å². The first-order valence-corrected chi connectivity index (χ1v) is 22.7. The molecule has 0 aromatic carbocycles. The lowest BCUT2D eigenvalue weighted by molar-refractivity contribution is -0.161. The van der Waals surface area contributed by atoms with Gasteiger partial charge in [0, 0.05) is 12.8 Å². The van der Waals surface area contributed by atoms with Crippen LogP contribution in [0.1, 0.15) is 174 Å². The number of hydrogen-bond acceptors (Lipinski definition) is 9. The Morgan fingerprint density at radius 3 is 1.51 bits per heavy atom. The minimum absolute atomic E-state index is 0.139. The fourth-order valence-corrected chi connectivity index (χ4v) is 6.21. The lowest BCUT2D eigenvalue weighted by Crippen LogP contribution is -2.34. The third-order valence-electron chi connectivity index (χ3n) is 8.80. The molecular weight excluding hydrogens is 721 g/mol. The van der Waals surface area contributed by atoms with Crippen LogP contribution >= 0.6 is 7.82 Å². The second-order valence-corrected chi connectivity index (χ2v) is 15.6. The molecule has 0 radical (unpaired) electrons. The zero-order chi connectivity index (χ0) is 40.7. The number of rotatable bonds is 39. The molecule has 0 amide bonds. The fourth-order valence-electron chi connectivity index (χ4n) is 5.43. The Labute approximate surface area is 333 Å². The van der Waals surface area contributed by atoms with E-state index in [0.29, 0.717) is 19.3 Å². The summed E-state index contributed by atoms with van der Waals surface area (Å²) in [6.07, 6.45) is 41.8. The van der Waals surface area contributed by atoms with Gasteiger partial charge in [-0.1, -0.05) is 140 Å². The van der Waals surface area contributed by atoms with Gasteiger partial charge in [0.2, 0.25) is 0 Å². The summed E-state index contributed by atoms with van der Waals surface area (Å²) in [6, 6.07) is -1.53. The number of carboxylic acids is 1. The van der Waals surface area contributed by atoms with Gasteiger partial charge in [-0.2, -0.15) is 0 Å². The number of esters is 2. The van der Waals surface area contributed by atoms with Gasteiger partial charge in [0.1, 0.15) is 12.6 Å². The Hall–Kier alpha value is -2.56. The number of carbonyl (C=O) groups excluding carboxylic acids is 2. The van der Waals surface area contributed by atoms with E-state index in [1.807, 2.05) is 6.08 Å². The molecule has 11 nitrogen and oxygen atoms in total. The summed E-state index contributed by atoms with van der Waals surface area (Å²) in [5, 5.41) is 8.88. The van der Waals surface area contributed by atoms with Gasteiger partial charge in [-0.15, -0.1) is 0 Å². The van der Waals surface area contributed by atoms with Crippen molar-refractivity contribution in [2.45, 2.75) is 187 Å². The molecule has 0 heterocycles. The summed E-state index contributed by atoms with van der Waals surface area (Å²) in [6.45, 7) is 2.72. The van der Waals surface area contributed by atoms with E-state index in [0.717, 1.165) is 57.8 Å². The average Bonchev–Trinajstić information content (AvgIpc) is 3.16. The van der Waals surface area contributed by atoms with Crippen LogP contribution in [-0.2, 0) is 37.5 Å². The molecule has 3 atom stereocenters. The molecule has 0 aromatic rings. The normalized spacial score (nSPS) is 14.3. The molecule has 0 aliphatic rings. The number of phosphoric acid groups is 1. The largest absolute Gasteiger partial charge is 0.480 e. The third-order valence-corrected chi connectivity index (χ3v) is 9.75. The first-order chi connectivity index (χ1) is 26.6. The molecule has 0 aliphatic heterocycles. The van der Waals surface area contributed by atoms with Crippen LogP contribution in [0.3, 0.4) is 0 Å². The maximum Gasteiger partial charge on any atom is 0.472 e. The minimum Gasteiger partial charge on any atom is -0.480 e. The van der Waals surface area contributed by atoms with Crippen molar-refractivity contribution < 1.29 is 47.5 Å². The van der Waals surface area contributed by atoms with Gasteiger partial charge in [-0.25, -0.2) is 4.57 Å². The number of allylic oxidation sites excluding steroid dienone is 8. The second kappa shape index (κ2) is 38.3. The number of aliphatic carboxylic acids is 1. The summed E-state index contributed by atoms with van der Waals surface area (Å²) in [5.74, 6) is -2.46. The van der Waals surface area contributed by atoms with E-state index in [-0.39, 0.29) is 19.4 Å². The Bertz CT molecular complexity index is 1120. The molecule has 318 valence electrons. The van der Waals surface area contributed by atoms with Crippen LogP contribution in [-0.4, -0.2) is 59.9 Å². The number of hydrogen-bond donors (Lipinski definition) is 3. The number of unbranched alkanes of at least 4 members (excludes halogenated alkanes) is 17. The van der Waals surface area contributed by atoms with Crippen molar-refractivity contribution in [3.8, 4) is 0 Å². The molecule has 55 heavy (non-hydrogen) atoms. The highest BCUT2D eigenvalue weighted by Gasteiger charge is 2.28. The molecule has 0 bridgehead atoms. The Kier molecular flexibility index (Phi) is 36.5. The van der Waals surface area contributed by atoms with Crippen LogP contribution in [0, 0.1) is 0 Å². The van der Waals surface area contributed by atoms with E-state index in [1.54, 1.807) is 0 Å². The summed E-state index contributed by atoms with van der Waals surface area (Å²) in [7, 11) is -4.73. The highest BCUT2D eigenvalue weighted by atomic mass is 31.2. The van der Waals surface area contributed by atoms with Gasteiger partial charge in [0.15, 0.2) is 6.10 Å². The van der Waals surface area contributed by atoms with Crippen LogP contribution < -0.4 is 5.73 Å². The van der Waals surface area contributed by atoms with E-state index in [2.05, 4.69) is 60.9 Å². The molecule has 0 saturated carbocycles. The molecule has 0 spiro atoms. The minimum atomic E-state index is -4.73. The molecule has 12 heteroatoms. The van der Waals surface area contributed by atoms with E-state index >= 15 is 0 Å². The van der Waals surface area contributed by atoms with Gasteiger partial charge in [0.05, 0.1) is 13.2 Å². The van der Waals surface area contributed by atoms with Gasteiger partial charge in [0.25, 0.3) is 0 Å². The van der Waals surface area contributed by atoms with Gasteiger partial charge >= 0.3 is 25.7 Å². The van der Waals surface area contributed by atoms with Crippen LogP contribution in [0.25, 0.3) is 0 Å². The van der Waals surface area contributed by atoms with E-state index in [1.165, 1.54) is 70.6 Å². The Morgan fingerprint density at radius 2 is 0.982 bits per heavy atom. The van der Waals surface area contributed by atoms with Crippen LogP contribution in [0.15, 0.2) is 48.6 Å². The predicted octanol–water partition coefficient (Wildman–Crippen LogP) is 11.0. The average molecular weight is 798 g/mol. The number of carboxylic acid groups (broad SMARTS) is 1. The quantitative estimate of drug-likeness (QED) is 0.0234. The number of phosphoric ester groups is 1. The first kappa shape index (κ1) is 52.4. The monoisotopic (exact) mass is 798 g/mol. The van der Waals surface area contributed by atoms with Crippen molar-refractivity contribution >= 4 is 25.7 Å². The Morgan fingerprint density at radius 1 is 0.564 bits per heavy atom. The Balaban J connectivity index is 4.48. The molecule has 0 aromatic heterocycles. The summed E-state index contributed by atoms with van der Waals surface area (Å²) in [4.78, 5) is 45.9. The number of nitrogens with two attached hydrogens (primary N) is 1. The van der Waals surface area contributed by atoms with E-state index in [4.69, 9.17) is 24.8 Å². The first-order valence-electron chi connectivity index (χ1n) is 21.2. The summed E-state index contributed by atoms with van der Waals surface area (Å²) in [5.41, 5.74) is 5.32. The maximum atomic E-state index is 12.6. The van der Waals surface area contributed by atoms with Gasteiger partial charge in [-0.05, 0) is 70.6 Å². The van der Waals surface area contributed by atoms with Crippen molar-refractivity contribution in [2.75, 3.05) is 19.8 Å². The number of carbonyl (C=O) groups is 3. The lowest BCUT2D eigenvalue weighted by Gasteiger charge is -2.20. The maximum absolute atomic E-state index is 12.6. The van der Waals surface area contributed by atoms with E-state index < -0.39 is 51.1 Å². The second-order valence-electron chi connectivity index (χ2n) is 14.1. The zero-order valence-corrected chi connectivity index (χ0v) is 35.2. The standard InChI is InChI=1S/C43H76NO10P/c1-3-5-7-9-11-13-15-17-19-20-21-23-24-26-28-30-32-34-41(45)51-36-39(37-52-55(49,50)53-38-40(44)43(47)48)54-42(46)35-33-31-29-27-25-22-18-16-14-12-10-8-6-4-2/h16-19,21,23,26,28,39-40H,3-15,20,22,24-25,27,29-38,44H2,1-2H3,(H,47,48)(H,49,50)/b18-16+,19-17+,23-21+,28-26+/t39-,40+/m1/s1. The van der Waals surface area contributed by atoms with Crippen molar-refractivity contribution in [3.63, 3.8) is 0 Å². The number of ether oxygens (including phenoxy) is 2. The molecule has 0 fully saturated rings. The lowest BCUT2D eigenvalue weighted by atomic mass is 10.1. The van der Waals surface area contributed by atoms with Crippen LogP contribution in [0.5, 0.6) is 0 Å². The third kappa shape index (κ3) is 38.1. The smallest absolute Gasteiger partial charge is 0.472 e.